The average molecular weight is 340 g/mol. The molecule has 5 heteroatoms. The molecule has 1 aromatic heterocycles. The summed E-state index contributed by atoms with van der Waals surface area (Å²) in [5.41, 5.74) is 2.59. The number of benzene rings is 2. The summed E-state index contributed by atoms with van der Waals surface area (Å²) in [6.45, 7) is 1.98. The highest BCUT2D eigenvalue weighted by Crippen LogP contribution is 2.25. The smallest absolute Gasteiger partial charge is 0.189 e. The van der Waals surface area contributed by atoms with Crippen molar-refractivity contribution in [3.05, 3.63) is 70.4 Å². The molecule has 0 bridgehead atoms. The molecule has 24 heavy (non-hydrogen) atoms. The molecule has 2 N–H and O–H groups in total. The van der Waals surface area contributed by atoms with Gasteiger partial charge in [0.2, 0.25) is 0 Å². The predicted octanol–water partition coefficient (Wildman–Crippen LogP) is 4.50. The van der Waals surface area contributed by atoms with Gasteiger partial charge in [-0.1, -0.05) is 23.7 Å². The van der Waals surface area contributed by atoms with E-state index < -0.39 is 5.78 Å². The Kier molecular flexibility index (Phi) is 4.23. The monoisotopic (exact) mass is 339 g/mol. The first kappa shape index (κ1) is 16.0. The molecule has 0 aliphatic rings. The van der Waals surface area contributed by atoms with Crippen LogP contribution in [-0.4, -0.2) is 21.0 Å². The third-order valence-electron chi connectivity index (χ3n) is 3.61. The van der Waals surface area contributed by atoms with Gasteiger partial charge < -0.3 is 10.2 Å². The quantitative estimate of drug-likeness (QED) is 0.418. The third-order valence-corrected chi connectivity index (χ3v) is 3.92. The van der Waals surface area contributed by atoms with Crippen LogP contribution in [0.25, 0.3) is 17.0 Å². The topological polar surface area (TPSA) is 70.4 Å². The summed E-state index contributed by atoms with van der Waals surface area (Å²) >= 11 is 6.18. The van der Waals surface area contributed by atoms with Crippen molar-refractivity contribution in [2.45, 2.75) is 6.92 Å². The van der Waals surface area contributed by atoms with E-state index in [0.717, 1.165) is 22.5 Å². The molecule has 0 atom stereocenters. The van der Waals surface area contributed by atoms with Crippen molar-refractivity contribution in [3.8, 4) is 11.5 Å². The van der Waals surface area contributed by atoms with Crippen LogP contribution in [0.3, 0.4) is 0 Å². The fourth-order valence-electron chi connectivity index (χ4n) is 2.37. The van der Waals surface area contributed by atoms with Crippen molar-refractivity contribution in [2.24, 2.45) is 0 Å². The van der Waals surface area contributed by atoms with E-state index in [0.29, 0.717) is 10.7 Å². The second-order valence-corrected chi connectivity index (χ2v) is 5.82. The maximum absolute atomic E-state index is 12.2. The maximum atomic E-state index is 12.2. The van der Waals surface area contributed by atoms with Crippen molar-refractivity contribution in [2.75, 3.05) is 0 Å². The Hall–Kier alpha value is -2.85. The fourth-order valence-corrected chi connectivity index (χ4v) is 2.58. The van der Waals surface area contributed by atoms with Gasteiger partial charge in [0, 0.05) is 17.0 Å². The minimum atomic E-state index is -0.396. The molecule has 0 unspecified atom stereocenters. The van der Waals surface area contributed by atoms with Crippen molar-refractivity contribution in [1.82, 2.24) is 4.98 Å². The van der Waals surface area contributed by atoms with Crippen LogP contribution in [0.4, 0.5) is 0 Å². The number of aromatic hydroxyl groups is 2. The highest BCUT2D eigenvalue weighted by atomic mass is 35.5. The number of phenolic OH excluding ortho intramolecular Hbond substituents is 2. The summed E-state index contributed by atoms with van der Waals surface area (Å²) in [5, 5.41) is 20.2. The SMILES string of the molecule is Cc1ccc2cc(/C=C/C(=O)c3ccc(O)cc3O)c(Cl)nc2c1. The molecule has 0 radical (unpaired) electrons. The molecular weight excluding hydrogens is 326 g/mol. The van der Waals surface area contributed by atoms with Gasteiger partial charge in [0.1, 0.15) is 16.7 Å². The number of hydrogen-bond acceptors (Lipinski definition) is 4. The van der Waals surface area contributed by atoms with Gasteiger partial charge in [-0.25, -0.2) is 4.98 Å². The van der Waals surface area contributed by atoms with E-state index in [2.05, 4.69) is 4.98 Å². The molecule has 3 aromatic rings. The van der Waals surface area contributed by atoms with Crippen LogP contribution < -0.4 is 0 Å². The summed E-state index contributed by atoms with van der Waals surface area (Å²) in [7, 11) is 0. The van der Waals surface area contributed by atoms with Gasteiger partial charge in [-0.05, 0) is 48.9 Å². The van der Waals surface area contributed by atoms with Crippen molar-refractivity contribution < 1.29 is 15.0 Å². The predicted molar refractivity (Wildman–Crippen MR) is 94.6 cm³/mol. The number of carbonyl (C=O) groups excluding carboxylic acids is 1. The lowest BCUT2D eigenvalue weighted by Crippen LogP contribution is -1.95. The number of nitrogens with zero attached hydrogens (tertiary/aromatic N) is 1. The van der Waals surface area contributed by atoms with Crippen LogP contribution in [0.15, 0.2) is 48.5 Å². The molecule has 2 aromatic carbocycles. The van der Waals surface area contributed by atoms with Crippen molar-refractivity contribution >= 4 is 34.4 Å². The van der Waals surface area contributed by atoms with Crippen LogP contribution >= 0.6 is 11.6 Å². The zero-order chi connectivity index (χ0) is 17.3. The first-order valence-corrected chi connectivity index (χ1v) is 7.63. The Morgan fingerprint density at radius 2 is 1.92 bits per heavy atom. The van der Waals surface area contributed by atoms with Crippen LogP contribution in [-0.2, 0) is 0 Å². The van der Waals surface area contributed by atoms with Gasteiger partial charge in [0.15, 0.2) is 5.78 Å². The lowest BCUT2D eigenvalue weighted by molar-refractivity contribution is 0.104. The second kappa shape index (κ2) is 6.34. The molecule has 0 aliphatic heterocycles. The first-order valence-electron chi connectivity index (χ1n) is 7.25. The number of phenols is 2. The molecule has 0 fully saturated rings. The largest absolute Gasteiger partial charge is 0.508 e. The van der Waals surface area contributed by atoms with Crippen molar-refractivity contribution in [3.63, 3.8) is 0 Å². The number of rotatable bonds is 3. The Balaban J connectivity index is 1.93. The molecule has 4 nitrogen and oxygen atoms in total. The summed E-state index contributed by atoms with van der Waals surface area (Å²) in [4.78, 5) is 16.5. The Labute approximate surface area is 143 Å². The minimum Gasteiger partial charge on any atom is -0.508 e. The maximum Gasteiger partial charge on any atom is 0.189 e. The number of aromatic nitrogens is 1. The normalized spacial score (nSPS) is 11.2. The first-order chi connectivity index (χ1) is 11.4. The Morgan fingerprint density at radius 1 is 1.12 bits per heavy atom. The molecule has 1 heterocycles. The second-order valence-electron chi connectivity index (χ2n) is 5.46. The molecule has 0 spiro atoms. The highest BCUT2D eigenvalue weighted by Gasteiger charge is 2.09. The lowest BCUT2D eigenvalue weighted by Gasteiger charge is -2.04. The molecular formula is C19H14ClNO3. The summed E-state index contributed by atoms with van der Waals surface area (Å²) in [5.74, 6) is -0.777. The third kappa shape index (κ3) is 3.24. The van der Waals surface area contributed by atoms with Crippen LogP contribution in [0.5, 0.6) is 11.5 Å². The van der Waals surface area contributed by atoms with Gasteiger partial charge in [-0.2, -0.15) is 0 Å². The van der Waals surface area contributed by atoms with Crippen molar-refractivity contribution in [1.29, 1.82) is 0 Å². The van der Waals surface area contributed by atoms with Gasteiger partial charge in [-0.15, -0.1) is 0 Å². The van der Waals surface area contributed by atoms with Gasteiger partial charge >= 0.3 is 0 Å². The minimum absolute atomic E-state index is 0.101. The summed E-state index contributed by atoms with van der Waals surface area (Å²) in [6, 6.07) is 11.5. The van der Waals surface area contributed by atoms with Crippen LogP contribution in [0, 0.1) is 6.92 Å². The Morgan fingerprint density at radius 3 is 2.67 bits per heavy atom. The van der Waals surface area contributed by atoms with E-state index in [1.54, 1.807) is 6.08 Å². The van der Waals surface area contributed by atoms with E-state index in [-0.39, 0.29) is 17.1 Å². The van der Waals surface area contributed by atoms with E-state index in [4.69, 9.17) is 11.6 Å². The van der Waals surface area contributed by atoms with E-state index in [1.807, 2.05) is 31.2 Å². The van der Waals surface area contributed by atoms with E-state index in [1.165, 1.54) is 18.2 Å². The number of allylic oxidation sites excluding steroid dienone is 1. The number of carbonyl (C=O) groups is 1. The number of hydrogen-bond donors (Lipinski definition) is 2. The number of pyridine rings is 1. The standard InChI is InChI=1S/C19H14ClNO3/c1-11-2-3-12-9-13(19(20)21-16(12)8-11)4-7-17(23)15-6-5-14(22)10-18(15)24/h2-10,22,24H,1H3/b7-4+. The van der Waals surface area contributed by atoms with Gasteiger partial charge in [0.25, 0.3) is 0 Å². The van der Waals surface area contributed by atoms with Crippen LogP contribution in [0.2, 0.25) is 5.15 Å². The Bertz CT molecular complexity index is 980. The number of ketones is 1. The number of fused-ring (bicyclic) bond motifs is 1. The average Bonchev–Trinajstić information content (AvgIpc) is 2.52. The summed E-state index contributed by atoms with van der Waals surface area (Å²) in [6.07, 6.45) is 2.87. The van der Waals surface area contributed by atoms with Gasteiger partial charge in [-0.3, -0.25) is 4.79 Å². The zero-order valence-corrected chi connectivity index (χ0v) is 13.6. The molecule has 3 rings (SSSR count). The summed E-state index contributed by atoms with van der Waals surface area (Å²) < 4.78 is 0. The molecule has 0 saturated carbocycles. The fraction of sp³-hybridized carbons (Fsp3) is 0.0526. The van der Waals surface area contributed by atoms with Gasteiger partial charge in [0.05, 0.1) is 11.1 Å². The lowest BCUT2D eigenvalue weighted by atomic mass is 10.1. The molecule has 0 saturated heterocycles. The highest BCUT2D eigenvalue weighted by molar-refractivity contribution is 6.31. The molecule has 0 amide bonds. The van der Waals surface area contributed by atoms with E-state index in [9.17, 15) is 15.0 Å². The molecule has 0 aliphatic carbocycles. The van der Waals surface area contributed by atoms with Crippen LogP contribution in [0.1, 0.15) is 21.5 Å². The zero-order valence-electron chi connectivity index (χ0n) is 12.8. The number of halogens is 1. The van der Waals surface area contributed by atoms with E-state index >= 15 is 0 Å². The number of aryl methyl sites for hydroxylation is 1. The molecule has 120 valence electrons.